The molecule has 1 aliphatic heterocycles. The van der Waals surface area contributed by atoms with Gasteiger partial charge in [-0.05, 0) is 31.2 Å². The number of sulfonamides is 1. The van der Waals surface area contributed by atoms with Gasteiger partial charge < -0.3 is 10.1 Å². The fourth-order valence-electron chi connectivity index (χ4n) is 3.64. The first-order chi connectivity index (χ1) is 15.2. The molecule has 0 saturated carbocycles. The molecule has 9 nitrogen and oxygen atoms in total. The number of rotatable bonds is 5. The molecule has 1 amide bonds. The van der Waals surface area contributed by atoms with Crippen molar-refractivity contribution in [2.75, 3.05) is 23.3 Å². The lowest BCUT2D eigenvalue weighted by molar-refractivity contribution is -0.384. The third kappa shape index (κ3) is 3.65. The van der Waals surface area contributed by atoms with E-state index in [9.17, 15) is 23.3 Å². The Kier molecular flexibility index (Phi) is 5.31. The number of hydrogen-bond acceptors (Lipinski definition) is 6. The Balaban J connectivity index is 1.72. The molecule has 1 N–H and O–H groups in total. The first kappa shape index (κ1) is 21.3. The van der Waals surface area contributed by atoms with E-state index in [0.717, 1.165) is 15.9 Å². The van der Waals surface area contributed by atoms with Crippen LogP contribution in [0.2, 0.25) is 0 Å². The van der Waals surface area contributed by atoms with Crippen molar-refractivity contribution >= 4 is 33.0 Å². The third-order valence-electron chi connectivity index (χ3n) is 5.12. The maximum Gasteiger partial charge on any atom is 0.271 e. The summed E-state index contributed by atoms with van der Waals surface area (Å²) < 4.78 is 32.9. The number of amides is 1. The van der Waals surface area contributed by atoms with Gasteiger partial charge in [0.25, 0.3) is 15.7 Å². The highest BCUT2D eigenvalue weighted by Gasteiger charge is 2.36. The monoisotopic (exact) mass is 453 g/mol. The molecule has 3 aromatic rings. The Morgan fingerprint density at radius 2 is 1.84 bits per heavy atom. The lowest BCUT2D eigenvalue weighted by atomic mass is 10.0. The Labute approximate surface area is 184 Å². The Morgan fingerprint density at radius 1 is 1.09 bits per heavy atom. The minimum atomic E-state index is -4.00. The number of fused-ring (bicyclic) bond motifs is 3. The van der Waals surface area contributed by atoms with Crippen LogP contribution in [0.4, 0.5) is 17.1 Å². The zero-order valence-electron chi connectivity index (χ0n) is 17.2. The van der Waals surface area contributed by atoms with E-state index in [-0.39, 0.29) is 22.0 Å². The largest absolute Gasteiger partial charge is 0.495 e. The Morgan fingerprint density at radius 3 is 2.56 bits per heavy atom. The number of ether oxygens (including phenoxy) is 1. The van der Waals surface area contributed by atoms with Gasteiger partial charge in [-0.2, -0.15) is 0 Å². The van der Waals surface area contributed by atoms with Crippen LogP contribution in [0.25, 0.3) is 11.1 Å². The zero-order valence-corrected chi connectivity index (χ0v) is 18.0. The number of nitro benzene ring substituents is 1. The summed E-state index contributed by atoms with van der Waals surface area (Å²) in [6.45, 7) is 1.39. The van der Waals surface area contributed by atoms with E-state index < -0.39 is 27.4 Å². The Bertz CT molecular complexity index is 1350. The van der Waals surface area contributed by atoms with Gasteiger partial charge in [-0.1, -0.05) is 29.8 Å². The molecule has 32 heavy (non-hydrogen) atoms. The van der Waals surface area contributed by atoms with Gasteiger partial charge in [-0.25, -0.2) is 8.42 Å². The molecule has 0 radical (unpaired) electrons. The van der Waals surface area contributed by atoms with Crippen LogP contribution in [0.3, 0.4) is 0 Å². The van der Waals surface area contributed by atoms with Gasteiger partial charge in [0.05, 0.1) is 28.3 Å². The molecule has 1 aliphatic rings. The fraction of sp³-hybridized carbons (Fsp3) is 0.136. The second-order valence-electron chi connectivity index (χ2n) is 7.22. The number of nitrogens with one attached hydrogen (secondary N) is 1. The lowest BCUT2D eigenvalue weighted by Gasteiger charge is -2.31. The standard InChI is InChI=1S/C22H19N3O6S/c1-14-7-9-19-17(11-14)16-5-3-4-6-21(16)32(29,30)24(19)13-22(26)23-18-12-15(25(27)28)8-10-20(18)31-2/h3-12H,13H2,1-2H3,(H,23,26). The molecular formula is C22H19N3O6S. The van der Waals surface area contributed by atoms with Crippen molar-refractivity contribution in [2.45, 2.75) is 11.8 Å². The molecule has 10 heteroatoms. The van der Waals surface area contributed by atoms with Crippen molar-refractivity contribution in [1.82, 2.24) is 0 Å². The van der Waals surface area contributed by atoms with Gasteiger partial charge in [0, 0.05) is 23.3 Å². The summed E-state index contributed by atoms with van der Waals surface area (Å²) in [7, 11) is -2.64. The highest BCUT2D eigenvalue weighted by molar-refractivity contribution is 7.93. The van der Waals surface area contributed by atoms with E-state index in [1.165, 1.54) is 25.3 Å². The molecule has 0 atom stereocenters. The average molecular weight is 453 g/mol. The molecule has 0 unspecified atom stereocenters. The first-order valence-corrected chi connectivity index (χ1v) is 11.0. The summed E-state index contributed by atoms with van der Waals surface area (Å²) in [5, 5.41) is 13.6. The van der Waals surface area contributed by atoms with Crippen LogP contribution in [0, 0.1) is 17.0 Å². The van der Waals surface area contributed by atoms with Gasteiger partial charge in [-0.3, -0.25) is 19.2 Å². The molecule has 0 saturated heterocycles. The maximum atomic E-state index is 13.3. The molecule has 0 bridgehead atoms. The van der Waals surface area contributed by atoms with Gasteiger partial charge in [0.1, 0.15) is 12.3 Å². The predicted molar refractivity (Wildman–Crippen MR) is 119 cm³/mol. The van der Waals surface area contributed by atoms with Gasteiger partial charge >= 0.3 is 0 Å². The number of carbonyl (C=O) groups excluding carboxylic acids is 1. The number of non-ortho nitro benzene ring substituents is 1. The summed E-state index contributed by atoms with van der Waals surface area (Å²) in [6.07, 6.45) is 0. The molecule has 1 heterocycles. The van der Waals surface area contributed by atoms with Crippen LogP contribution >= 0.6 is 0 Å². The second-order valence-corrected chi connectivity index (χ2v) is 9.05. The van der Waals surface area contributed by atoms with Crippen LogP contribution < -0.4 is 14.4 Å². The van der Waals surface area contributed by atoms with Crippen LogP contribution in [0.15, 0.2) is 65.6 Å². The van der Waals surface area contributed by atoms with E-state index >= 15 is 0 Å². The van der Waals surface area contributed by atoms with Crippen molar-refractivity contribution in [3.63, 3.8) is 0 Å². The smallest absolute Gasteiger partial charge is 0.271 e. The summed E-state index contributed by atoms with van der Waals surface area (Å²) in [5.74, 6) is -0.454. The number of nitrogens with zero attached hydrogens (tertiary/aromatic N) is 2. The molecule has 164 valence electrons. The quantitative estimate of drug-likeness (QED) is 0.464. The van der Waals surface area contributed by atoms with E-state index in [1.54, 1.807) is 30.3 Å². The van der Waals surface area contributed by atoms with Crippen molar-refractivity contribution < 1.29 is 22.9 Å². The van der Waals surface area contributed by atoms with Crippen LogP contribution in [0.5, 0.6) is 5.75 Å². The van der Waals surface area contributed by atoms with Crippen LogP contribution in [0.1, 0.15) is 5.56 Å². The third-order valence-corrected chi connectivity index (χ3v) is 6.94. The molecule has 0 spiro atoms. The summed E-state index contributed by atoms with van der Waals surface area (Å²) in [6, 6.07) is 15.7. The minimum Gasteiger partial charge on any atom is -0.495 e. The van der Waals surface area contributed by atoms with E-state index in [0.29, 0.717) is 16.8 Å². The van der Waals surface area contributed by atoms with E-state index in [1.807, 2.05) is 13.0 Å². The lowest BCUT2D eigenvalue weighted by Crippen LogP contribution is -2.40. The number of methoxy groups -OCH3 is 1. The van der Waals surface area contributed by atoms with E-state index in [4.69, 9.17) is 4.74 Å². The SMILES string of the molecule is COc1ccc([N+](=O)[O-])cc1NC(=O)CN1c2ccc(C)cc2-c2ccccc2S1(=O)=O. The van der Waals surface area contributed by atoms with Crippen molar-refractivity contribution in [2.24, 2.45) is 0 Å². The van der Waals surface area contributed by atoms with Crippen molar-refractivity contribution in [3.05, 3.63) is 76.3 Å². The minimum absolute atomic E-state index is 0.0747. The molecule has 3 aromatic carbocycles. The highest BCUT2D eigenvalue weighted by Crippen LogP contribution is 2.43. The summed E-state index contributed by atoms with van der Waals surface area (Å²) in [4.78, 5) is 23.5. The highest BCUT2D eigenvalue weighted by atomic mass is 32.2. The van der Waals surface area contributed by atoms with Gasteiger partial charge in [0.2, 0.25) is 5.91 Å². The molecule has 0 fully saturated rings. The fourth-order valence-corrected chi connectivity index (χ4v) is 5.29. The number of anilines is 2. The Hall–Kier alpha value is -3.92. The van der Waals surface area contributed by atoms with Crippen LogP contribution in [-0.4, -0.2) is 32.9 Å². The molecule has 0 aromatic heterocycles. The number of carbonyl (C=O) groups is 1. The number of nitro groups is 1. The van der Waals surface area contributed by atoms with Crippen molar-refractivity contribution in [1.29, 1.82) is 0 Å². The molecule has 0 aliphatic carbocycles. The van der Waals surface area contributed by atoms with Crippen LogP contribution in [-0.2, 0) is 14.8 Å². The van der Waals surface area contributed by atoms with Gasteiger partial charge in [0.15, 0.2) is 0 Å². The van der Waals surface area contributed by atoms with Crippen molar-refractivity contribution in [3.8, 4) is 16.9 Å². The first-order valence-electron chi connectivity index (χ1n) is 9.57. The number of aryl methyl sites for hydroxylation is 1. The molecular weight excluding hydrogens is 434 g/mol. The number of benzene rings is 3. The maximum absolute atomic E-state index is 13.3. The number of hydrogen-bond donors (Lipinski definition) is 1. The van der Waals surface area contributed by atoms with E-state index in [2.05, 4.69) is 5.32 Å². The normalized spacial score (nSPS) is 13.6. The topological polar surface area (TPSA) is 119 Å². The second kappa shape index (κ2) is 7.97. The summed E-state index contributed by atoms with van der Waals surface area (Å²) in [5.41, 5.74) is 2.45. The van der Waals surface area contributed by atoms with Gasteiger partial charge in [-0.15, -0.1) is 0 Å². The predicted octanol–water partition coefficient (Wildman–Crippen LogP) is 3.73. The molecule has 4 rings (SSSR count). The average Bonchev–Trinajstić information content (AvgIpc) is 2.77. The zero-order chi connectivity index (χ0) is 23.0. The summed E-state index contributed by atoms with van der Waals surface area (Å²) >= 11 is 0.